The fourth-order valence-electron chi connectivity index (χ4n) is 2.23. The van der Waals surface area contributed by atoms with Gasteiger partial charge in [-0.1, -0.05) is 58.2 Å². The molecule has 0 aliphatic rings. The van der Waals surface area contributed by atoms with Gasteiger partial charge in [-0.05, 0) is 36.4 Å². The standard InChI is InChI=1S/C17H12Cl4N4OS/c1-25-16(9-2-4-11(18)13(20)6-9)23-24-17(25)27-8-15(26)22-10-3-5-12(19)14(21)7-10/h2-7H,8H2,1H3,(H,22,26). The second kappa shape index (κ2) is 8.71. The number of carbonyl (C=O) groups is 1. The zero-order valence-electron chi connectivity index (χ0n) is 13.8. The second-order valence-corrected chi connectivity index (χ2v) is 8.03. The number of thioether (sulfide) groups is 1. The summed E-state index contributed by atoms with van der Waals surface area (Å²) in [6, 6.07) is 10.1. The molecule has 0 unspecified atom stereocenters. The van der Waals surface area contributed by atoms with E-state index < -0.39 is 0 Å². The highest BCUT2D eigenvalue weighted by Crippen LogP contribution is 2.29. The quantitative estimate of drug-likeness (QED) is 0.485. The molecule has 3 rings (SSSR count). The van der Waals surface area contributed by atoms with Crippen molar-refractivity contribution in [3.05, 3.63) is 56.5 Å². The minimum absolute atomic E-state index is 0.160. The van der Waals surface area contributed by atoms with Crippen molar-refractivity contribution in [2.45, 2.75) is 5.16 Å². The van der Waals surface area contributed by atoms with E-state index in [9.17, 15) is 4.79 Å². The molecule has 1 aromatic heterocycles. The van der Waals surface area contributed by atoms with Crippen molar-refractivity contribution in [3.63, 3.8) is 0 Å². The monoisotopic (exact) mass is 460 g/mol. The normalized spacial score (nSPS) is 10.9. The molecule has 5 nitrogen and oxygen atoms in total. The van der Waals surface area contributed by atoms with Gasteiger partial charge in [0, 0.05) is 18.3 Å². The van der Waals surface area contributed by atoms with Crippen molar-refractivity contribution in [2.24, 2.45) is 7.05 Å². The summed E-state index contributed by atoms with van der Waals surface area (Å²) in [5.74, 6) is 0.589. The van der Waals surface area contributed by atoms with Crippen molar-refractivity contribution >= 4 is 69.8 Å². The summed E-state index contributed by atoms with van der Waals surface area (Å²) >= 11 is 25.1. The van der Waals surface area contributed by atoms with Gasteiger partial charge in [0.2, 0.25) is 5.91 Å². The van der Waals surface area contributed by atoms with Crippen LogP contribution < -0.4 is 5.32 Å². The SMILES string of the molecule is Cn1c(SCC(=O)Nc2ccc(Cl)c(Cl)c2)nnc1-c1ccc(Cl)c(Cl)c1. The van der Waals surface area contributed by atoms with Gasteiger partial charge in [-0.25, -0.2) is 0 Å². The Kier molecular flexibility index (Phi) is 6.55. The number of nitrogens with zero attached hydrogens (tertiary/aromatic N) is 3. The Hall–Kier alpha value is -1.44. The van der Waals surface area contributed by atoms with Crippen molar-refractivity contribution in [3.8, 4) is 11.4 Å². The van der Waals surface area contributed by atoms with E-state index in [1.54, 1.807) is 34.9 Å². The van der Waals surface area contributed by atoms with Gasteiger partial charge in [-0.3, -0.25) is 4.79 Å². The molecule has 2 aromatic carbocycles. The largest absolute Gasteiger partial charge is 0.325 e. The predicted octanol–water partition coefficient (Wildman–Crippen LogP) is 5.83. The van der Waals surface area contributed by atoms with Crippen LogP contribution in [-0.4, -0.2) is 26.4 Å². The Morgan fingerprint density at radius 2 is 1.67 bits per heavy atom. The number of amides is 1. The van der Waals surface area contributed by atoms with Crippen LogP contribution in [0, 0.1) is 0 Å². The van der Waals surface area contributed by atoms with Crippen LogP contribution in [0.15, 0.2) is 41.6 Å². The van der Waals surface area contributed by atoms with Gasteiger partial charge in [-0.15, -0.1) is 10.2 Å². The summed E-state index contributed by atoms with van der Waals surface area (Å²) in [4.78, 5) is 12.2. The fraction of sp³-hybridized carbons (Fsp3) is 0.118. The Morgan fingerprint density at radius 1 is 1.00 bits per heavy atom. The van der Waals surface area contributed by atoms with E-state index in [0.717, 1.165) is 5.56 Å². The first-order valence-electron chi connectivity index (χ1n) is 7.57. The Morgan fingerprint density at radius 3 is 2.33 bits per heavy atom. The van der Waals surface area contributed by atoms with Crippen LogP contribution in [0.2, 0.25) is 20.1 Å². The van der Waals surface area contributed by atoms with E-state index >= 15 is 0 Å². The first kappa shape index (κ1) is 20.3. The fourth-order valence-corrected chi connectivity index (χ4v) is 3.54. The number of carbonyl (C=O) groups excluding carboxylic acids is 1. The van der Waals surface area contributed by atoms with E-state index in [1.807, 2.05) is 13.1 Å². The highest BCUT2D eigenvalue weighted by atomic mass is 35.5. The first-order chi connectivity index (χ1) is 12.8. The molecule has 0 radical (unpaired) electrons. The molecule has 0 bridgehead atoms. The van der Waals surface area contributed by atoms with E-state index in [4.69, 9.17) is 46.4 Å². The molecular formula is C17H12Cl4N4OS. The van der Waals surface area contributed by atoms with Crippen LogP contribution in [-0.2, 0) is 11.8 Å². The molecule has 0 atom stereocenters. The average molecular weight is 462 g/mol. The molecule has 3 aromatic rings. The Labute approximate surface area is 180 Å². The number of halogens is 4. The summed E-state index contributed by atoms with van der Waals surface area (Å²) in [6.07, 6.45) is 0. The van der Waals surface area contributed by atoms with Gasteiger partial charge in [0.25, 0.3) is 0 Å². The van der Waals surface area contributed by atoms with Crippen molar-refractivity contribution in [2.75, 3.05) is 11.1 Å². The van der Waals surface area contributed by atoms with E-state index in [0.29, 0.717) is 36.8 Å². The summed E-state index contributed by atoms with van der Waals surface area (Å²) in [6.45, 7) is 0. The number of nitrogens with one attached hydrogen (secondary N) is 1. The van der Waals surface area contributed by atoms with E-state index in [-0.39, 0.29) is 11.7 Å². The number of hydrogen-bond donors (Lipinski definition) is 1. The lowest BCUT2D eigenvalue weighted by atomic mass is 10.2. The molecule has 0 aliphatic carbocycles. The third-order valence-electron chi connectivity index (χ3n) is 3.55. The molecule has 0 saturated heterocycles. The van der Waals surface area contributed by atoms with Crippen LogP contribution >= 0.6 is 58.2 Å². The molecule has 0 fully saturated rings. The Bertz CT molecular complexity index is 1010. The maximum absolute atomic E-state index is 12.2. The predicted molar refractivity (Wildman–Crippen MR) is 112 cm³/mol. The van der Waals surface area contributed by atoms with Gasteiger partial charge >= 0.3 is 0 Å². The highest BCUT2D eigenvalue weighted by molar-refractivity contribution is 7.99. The van der Waals surface area contributed by atoms with Gasteiger partial charge < -0.3 is 9.88 Å². The average Bonchev–Trinajstić information content (AvgIpc) is 2.99. The number of aromatic nitrogens is 3. The Balaban J connectivity index is 1.66. The lowest BCUT2D eigenvalue weighted by Crippen LogP contribution is -2.14. The molecule has 1 heterocycles. The van der Waals surface area contributed by atoms with Crippen molar-refractivity contribution in [1.29, 1.82) is 0 Å². The molecule has 27 heavy (non-hydrogen) atoms. The molecular weight excluding hydrogens is 450 g/mol. The highest BCUT2D eigenvalue weighted by Gasteiger charge is 2.14. The van der Waals surface area contributed by atoms with E-state index in [1.165, 1.54) is 11.8 Å². The number of rotatable bonds is 5. The summed E-state index contributed by atoms with van der Waals surface area (Å²) in [5, 5.41) is 13.4. The maximum atomic E-state index is 12.2. The minimum atomic E-state index is -0.197. The minimum Gasteiger partial charge on any atom is -0.325 e. The van der Waals surface area contributed by atoms with Crippen LogP contribution in [0.3, 0.4) is 0 Å². The van der Waals surface area contributed by atoms with Crippen LogP contribution in [0.25, 0.3) is 11.4 Å². The van der Waals surface area contributed by atoms with Crippen molar-refractivity contribution < 1.29 is 4.79 Å². The molecule has 0 spiro atoms. The number of benzene rings is 2. The lowest BCUT2D eigenvalue weighted by Gasteiger charge is -2.07. The molecule has 1 N–H and O–H groups in total. The van der Waals surface area contributed by atoms with Gasteiger partial charge in [-0.2, -0.15) is 0 Å². The summed E-state index contributed by atoms with van der Waals surface area (Å²) in [5.41, 5.74) is 1.36. The molecule has 0 aliphatic heterocycles. The molecule has 0 saturated carbocycles. The topological polar surface area (TPSA) is 59.8 Å². The van der Waals surface area contributed by atoms with Crippen LogP contribution in [0.5, 0.6) is 0 Å². The van der Waals surface area contributed by atoms with Gasteiger partial charge in [0.05, 0.1) is 25.8 Å². The molecule has 10 heteroatoms. The van der Waals surface area contributed by atoms with Crippen LogP contribution in [0.4, 0.5) is 5.69 Å². The third kappa shape index (κ3) is 4.89. The van der Waals surface area contributed by atoms with Gasteiger partial charge in [0.1, 0.15) is 0 Å². The summed E-state index contributed by atoms with van der Waals surface area (Å²) in [7, 11) is 1.82. The summed E-state index contributed by atoms with van der Waals surface area (Å²) < 4.78 is 1.79. The second-order valence-electron chi connectivity index (χ2n) is 5.46. The zero-order chi connectivity index (χ0) is 19.6. The zero-order valence-corrected chi connectivity index (χ0v) is 17.7. The first-order valence-corrected chi connectivity index (χ1v) is 10.1. The van der Waals surface area contributed by atoms with Crippen LogP contribution in [0.1, 0.15) is 0 Å². The number of anilines is 1. The van der Waals surface area contributed by atoms with E-state index in [2.05, 4.69) is 15.5 Å². The lowest BCUT2D eigenvalue weighted by molar-refractivity contribution is -0.113. The molecule has 140 valence electrons. The smallest absolute Gasteiger partial charge is 0.234 e. The maximum Gasteiger partial charge on any atom is 0.234 e. The van der Waals surface area contributed by atoms with Gasteiger partial charge in [0.15, 0.2) is 11.0 Å². The number of hydrogen-bond acceptors (Lipinski definition) is 4. The van der Waals surface area contributed by atoms with Crippen molar-refractivity contribution in [1.82, 2.24) is 14.8 Å². The molecule has 1 amide bonds. The third-order valence-corrected chi connectivity index (χ3v) is 6.05.